The van der Waals surface area contributed by atoms with Gasteiger partial charge >= 0.3 is 0 Å². The first-order valence-corrected chi connectivity index (χ1v) is 12.5. The van der Waals surface area contributed by atoms with E-state index < -0.39 is 57.2 Å². The van der Waals surface area contributed by atoms with Crippen LogP contribution in [0.15, 0.2) is 48.5 Å². The van der Waals surface area contributed by atoms with Gasteiger partial charge in [-0.25, -0.2) is 22.0 Å². The number of halogens is 6. The van der Waals surface area contributed by atoms with Gasteiger partial charge in [0.05, 0.1) is 23.5 Å². The minimum Gasteiger partial charge on any atom is -0.492 e. The second-order valence-electron chi connectivity index (χ2n) is 7.97. The van der Waals surface area contributed by atoms with E-state index in [1.165, 1.54) is 6.07 Å². The highest BCUT2D eigenvalue weighted by molar-refractivity contribution is 7.19. The van der Waals surface area contributed by atoms with Crippen molar-refractivity contribution in [3.63, 3.8) is 0 Å². The third-order valence-electron chi connectivity index (χ3n) is 5.34. The smallest absolute Gasteiger partial charge is 0.268 e. The van der Waals surface area contributed by atoms with Crippen molar-refractivity contribution in [2.24, 2.45) is 0 Å². The van der Waals surface area contributed by atoms with Crippen molar-refractivity contribution < 1.29 is 36.3 Å². The van der Waals surface area contributed by atoms with Gasteiger partial charge in [-0.3, -0.25) is 9.59 Å². The van der Waals surface area contributed by atoms with E-state index in [4.69, 9.17) is 22.1 Å². The molecule has 0 atom stereocenters. The minimum atomic E-state index is -2.39. The summed E-state index contributed by atoms with van der Waals surface area (Å²) in [4.78, 5) is 25.9. The van der Waals surface area contributed by atoms with Gasteiger partial charge in [0.25, 0.3) is 11.8 Å². The van der Waals surface area contributed by atoms with Gasteiger partial charge in [-0.1, -0.05) is 29.8 Å². The number of nitrogen functional groups attached to an aromatic ring is 1. The Morgan fingerprint density at radius 3 is 2.20 bits per heavy atom. The van der Waals surface area contributed by atoms with Crippen LogP contribution in [0.4, 0.5) is 49.7 Å². The molecule has 4 aromatic rings. The summed E-state index contributed by atoms with van der Waals surface area (Å²) in [5, 5.41) is 7.56. The van der Waals surface area contributed by atoms with Gasteiger partial charge in [-0.05, 0) is 37.3 Å². The zero-order chi connectivity index (χ0) is 29.1. The van der Waals surface area contributed by atoms with Gasteiger partial charge in [0, 0.05) is 10.7 Å². The summed E-state index contributed by atoms with van der Waals surface area (Å²) in [6.45, 7) is 2.06. The molecule has 1 aromatic heterocycles. The molecule has 3 aromatic carbocycles. The summed E-state index contributed by atoms with van der Waals surface area (Å²) in [7, 11) is 0. The van der Waals surface area contributed by atoms with Crippen molar-refractivity contribution in [1.29, 1.82) is 0 Å². The lowest BCUT2D eigenvalue weighted by molar-refractivity contribution is 0.102. The molecule has 4 rings (SSSR count). The maximum Gasteiger partial charge on any atom is 0.268 e. The molecule has 0 aliphatic carbocycles. The quantitative estimate of drug-likeness (QED) is 0.0968. The number of amides is 2. The molecule has 0 spiro atoms. The van der Waals surface area contributed by atoms with Gasteiger partial charge < -0.3 is 26.4 Å². The van der Waals surface area contributed by atoms with Crippen molar-refractivity contribution in [3.8, 4) is 5.75 Å². The lowest BCUT2D eigenvalue weighted by Crippen LogP contribution is -2.18. The summed E-state index contributed by atoms with van der Waals surface area (Å²) < 4.78 is 74.8. The second kappa shape index (κ2) is 11.8. The van der Waals surface area contributed by atoms with Crippen LogP contribution >= 0.6 is 22.9 Å². The third-order valence-corrected chi connectivity index (χ3v) is 6.70. The SMILES string of the molecule is CCOc1ccccc1Nc1sc(C(=O)Nc2c(F)c(F)c(F)c(F)c2F)c(N)c1C(=O)Nc1cccc(Cl)c1. The Balaban J connectivity index is 1.77. The highest BCUT2D eigenvalue weighted by Crippen LogP contribution is 2.40. The van der Waals surface area contributed by atoms with Crippen LogP contribution in [0.25, 0.3) is 0 Å². The van der Waals surface area contributed by atoms with Crippen molar-refractivity contribution in [2.75, 3.05) is 28.3 Å². The summed E-state index contributed by atoms with van der Waals surface area (Å²) in [6.07, 6.45) is 0. The number of nitrogens with two attached hydrogens (primary N) is 1. The Kier molecular flexibility index (Phi) is 8.45. The van der Waals surface area contributed by atoms with Crippen LogP contribution in [0.2, 0.25) is 5.02 Å². The van der Waals surface area contributed by atoms with Gasteiger partial charge in [0.2, 0.25) is 5.82 Å². The first-order valence-electron chi connectivity index (χ1n) is 11.3. The molecule has 1 heterocycles. The average molecular weight is 597 g/mol. The predicted octanol–water partition coefficient (Wildman–Crippen LogP) is 7.33. The number of hydrogen-bond donors (Lipinski definition) is 4. The van der Waals surface area contributed by atoms with E-state index >= 15 is 0 Å². The monoisotopic (exact) mass is 596 g/mol. The highest BCUT2D eigenvalue weighted by atomic mass is 35.5. The number of rotatable bonds is 8. The third kappa shape index (κ3) is 5.65. The Morgan fingerprint density at radius 1 is 0.900 bits per heavy atom. The number of para-hydroxylation sites is 2. The number of hydrogen-bond acceptors (Lipinski definition) is 6. The van der Waals surface area contributed by atoms with E-state index in [-0.39, 0.29) is 16.3 Å². The molecule has 0 unspecified atom stereocenters. The van der Waals surface area contributed by atoms with E-state index in [9.17, 15) is 31.5 Å². The Bertz CT molecular complexity index is 1600. The number of carbonyl (C=O) groups is 2. The molecule has 0 bridgehead atoms. The molecule has 14 heteroatoms. The number of carbonyl (C=O) groups excluding carboxylic acids is 2. The number of ether oxygens (including phenoxy) is 1. The Morgan fingerprint density at radius 2 is 1.55 bits per heavy atom. The molecule has 0 radical (unpaired) electrons. The van der Waals surface area contributed by atoms with Crippen molar-refractivity contribution >= 4 is 62.5 Å². The molecular weight excluding hydrogens is 579 g/mol. The van der Waals surface area contributed by atoms with Crippen LogP contribution in [-0.2, 0) is 0 Å². The molecule has 0 fully saturated rings. The van der Waals surface area contributed by atoms with Crippen LogP contribution in [0.5, 0.6) is 5.75 Å². The van der Waals surface area contributed by atoms with Gasteiger partial charge in [0.1, 0.15) is 21.3 Å². The standard InChI is InChI=1S/C26H18ClF5N4O3S/c1-2-39-14-9-4-3-8-13(14)35-26-15(24(37)34-12-7-5-6-11(27)10-12)21(33)23(40-26)25(38)36-22-19(31)17(29)16(28)18(30)20(22)32/h3-10,35H,2,33H2,1H3,(H,34,37)(H,36,38). The van der Waals surface area contributed by atoms with Crippen molar-refractivity contribution in [1.82, 2.24) is 0 Å². The normalized spacial score (nSPS) is 10.8. The topological polar surface area (TPSA) is 105 Å². The molecule has 2 amide bonds. The molecule has 0 aliphatic rings. The molecule has 0 saturated carbocycles. The van der Waals surface area contributed by atoms with E-state index in [1.54, 1.807) is 54.7 Å². The predicted molar refractivity (Wildman–Crippen MR) is 143 cm³/mol. The summed E-state index contributed by atoms with van der Waals surface area (Å²) in [6, 6.07) is 12.8. The molecular formula is C26H18ClF5N4O3S. The van der Waals surface area contributed by atoms with E-state index in [0.717, 1.165) is 0 Å². The second-order valence-corrected chi connectivity index (χ2v) is 9.42. The zero-order valence-electron chi connectivity index (χ0n) is 20.3. The van der Waals surface area contributed by atoms with Gasteiger partial charge in [0.15, 0.2) is 23.3 Å². The summed E-state index contributed by atoms with van der Waals surface area (Å²) >= 11 is 6.58. The van der Waals surface area contributed by atoms with E-state index in [2.05, 4.69) is 10.6 Å². The minimum absolute atomic E-state index is 0.0201. The van der Waals surface area contributed by atoms with Crippen LogP contribution in [0.3, 0.4) is 0 Å². The van der Waals surface area contributed by atoms with Gasteiger partial charge in [-0.15, -0.1) is 11.3 Å². The maximum atomic E-state index is 14.2. The van der Waals surface area contributed by atoms with Crippen molar-refractivity contribution in [2.45, 2.75) is 6.92 Å². The lowest BCUT2D eigenvalue weighted by Gasteiger charge is -2.13. The molecule has 0 aliphatic heterocycles. The lowest BCUT2D eigenvalue weighted by atomic mass is 10.2. The fourth-order valence-electron chi connectivity index (χ4n) is 3.54. The first kappa shape index (κ1) is 28.6. The van der Waals surface area contributed by atoms with Crippen molar-refractivity contribution in [3.05, 3.63) is 93.1 Å². The highest BCUT2D eigenvalue weighted by Gasteiger charge is 2.30. The molecule has 208 valence electrons. The van der Waals surface area contributed by atoms with Crippen LogP contribution < -0.4 is 26.4 Å². The molecule has 5 N–H and O–H groups in total. The van der Waals surface area contributed by atoms with Crippen LogP contribution in [0.1, 0.15) is 27.0 Å². The van der Waals surface area contributed by atoms with E-state index in [1.807, 2.05) is 0 Å². The average Bonchev–Trinajstić information content (AvgIpc) is 3.25. The fraction of sp³-hybridized carbons (Fsp3) is 0.0769. The number of anilines is 5. The largest absolute Gasteiger partial charge is 0.492 e. The number of thiophene rings is 1. The Hall–Kier alpha value is -4.36. The number of nitrogens with one attached hydrogen (secondary N) is 3. The summed E-state index contributed by atoms with van der Waals surface area (Å²) in [5.41, 5.74) is 4.58. The molecule has 7 nitrogen and oxygen atoms in total. The van der Waals surface area contributed by atoms with E-state index in [0.29, 0.717) is 34.4 Å². The molecule has 0 saturated heterocycles. The first-order chi connectivity index (χ1) is 19.0. The summed E-state index contributed by atoms with van der Waals surface area (Å²) in [5.74, 6) is -13.1. The maximum absolute atomic E-state index is 14.2. The Labute approximate surface area is 232 Å². The molecule has 40 heavy (non-hydrogen) atoms. The zero-order valence-corrected chi connectivity index (χ0v) is 21.9. The fourth-order valence-corrected chi connectivity index (χ4v) is 4.76. The van der Waals surface area contributed by atoms with Crippen LogP contribution in [0, 0.1) is 29.1 Å². The van der Waals surface area contributed by atoms with Crippen LogP contribution in [-0.4, -0.2) is 18.4 Å². The van der Waals surface area contributed by atoms with Gasteiger partial charge in [-0.2, -0.15) is 0 Å². The number of benzene rings is 3.